The van der Waals surface area contributed by atoms with Gasteiger partial charge in [-0.3, -0.25) is 4.79 Å². The number of piperazine rings is 1. The first kappa shape index (κ1) is 14.5. The average Bonchev–Trinajstić information content (AvgIpc) is 3.25. The first-order chi connectivity index (χ1) is 10.2. The van der Waals surface area contributed by atoms with Crippen LogP contribution in [-0.2, 0) is 11.3 Å². The summed E-state index contributed by atoms with van der Waals surface area (Å²) in [5.74, 6) is 0.0361. The maximum atomic E-state index is 13.2. The molecule has 5 heteroatoms. The van der Waals surface area contributed by atoms with E-state index in [1.165, 1.54) is 15.9 Å². The van der Waals surface area contributed by atoms with Gasteiger partial charge >= 0.3 is 0 Å². The van der Waals surface area contributed by atoms with Gasteiger partial charge in [0, 0.05) is 11.6 Å². The number of carbonyl (C=O) groups excluding carboxylic acids is 1. The van der Waals surface area contributed by atoms with Gasteiger partial charge in [-0.1, -0.05) is 12.1 Å². The van der Waals surface area contributed by atoms with Gasteiger partial charge in [-0.05, 0) is 25.0 Å². The van der Waals surface area contributed by atoms with Crippen LogP contribution in [0.5, 0.6) is 0 Å². The van der Waals surface area contributed by atoms with Crippen molar-refractivity contribution in [1.29, 1.82) is 0 Å². The zero-order valence-electron chi connectivity index (χ0n) is 12.3. The minimum atomic E-state index is -0.159. The highest BCUT2D eigenvalue weighted by Crippen LogP contribution is 2.17. The van der Waals surface area contributed by atoms with Gasteiger partial charge in [-0.25, -0.2) is 4.39 Å². The number of quaternary nitrogens is 2. The minimum Gasteiger partial charge on any atom is -0.348 e. The Morgan fingerprint density at radius 2 is 1.90 bits per heavy atom. The van der Waals surface area contributed by atoms with E-state index in [1.807, 2.05) is 6.07 Å². The zero-order chi connectivity index (χ0) is 14.7. The minimum absolute atomic E-state index is 0.159. The molecule has 1 saturated heterocycles. The summed E-state index contributed by atoms with van der Waals surface area (Å²) in [5.41, 5.74) is 1.06. The summed E-state index contributed by atoms with van der Waals surface area (Å²) in [5, 5.41) is 3.05. The lowest BCUT2D eigenvalue weighted by atomic mass is 10.2. The van der Waals surface area contributed by atoms with Gasteiger partial charge in [-0.2, -0.15) is 0 Å². The van der Waals surface area contributed by atoms with E-state index in [0.717, 1.165) is 51.1 Å². The number of nitrogens with one attached hydrogen (secondary N) is 3. The van der Waals surface area contributed by atoms with Gasteiger partial charge in [0.05, 0.1) is 0 Å². The number of benzene rings is 1. The van der Waals surface area contributed by atoms with Gasteiger partial charge in [0.25, 0.3) is 5.91 Å². The zero-order valence-corrected chi connectivity index (χ0v) is 12.3. The molecule has 0 radical (unpaired) electrons. The normalized spacial score (nSPS) is 25.6. The third-order valence-electron chi connectivity index (χ3n) is 4.36. The van der Waals surface area contributed by atoms with Crippen LogP contribution in [-0.4, -0.2) is 44.7 Å². The van der Waals surface area contributed by atoms with E-state index in [1.54, 1.807) is 12.1 Å². The lowest BCUT2D eigenvalue weighted by molar-refractivity contribution is -1.02. The van der Waals surface area contributed by atoms with Crippen molar-refractivity contribution in [3.05, 3.63) is 35.6 Å². The quantitative estimate of drug-likeness (QED) is 0.600. The summed E-state index contributed by atoms with van der Waals surface area (Å²) < 4.78 is 13.2. The molecule has 114 valence electrons. The second-order valence-electron chi connectivity index (χ2n) is 6.33. The molecule has 3 rings (SSSR count). The molecule has 0 atom stereocenters. The van der Waals surface area contributed by atoms with Crippen molar-refractivity contribution < 1.29 is 19.0 Å². The number of amides is 1. The Morgan fingerprint density at radius 1 is 1.19 bits per heavy atom. The molecule has 1 amide bonds. The Bertz CT molecular complexity index is 496. The number of halogens is 1. The lowest BCUT2D eigenvalue weighted by Gasteiger charge is -2.29. The molecule has 21 heavy (non-hydrogen) atoms. The molecule has 2 aliphatic rings. The molecule has 1 saturated carbocycles. The third kappa shape index (κ3) is 4.51. The van der Waals surface area contributed by atoms with Crippen molar-refractivity contribution in [3.63, 3.8) is 0 Å². The summed E-state index contributed by atoms with van der Waals surface area (Å²) in [4.78, 5) is 14.6. The van der Waals surface area contributed by atoms with E-state index >= 15 is 0 Å². The summed E-state index contributed by atoms with van der Waals surface area (Å²) in [6, 6.07) is 7.32. The third-order valence-corrected chi connectivity index (χ3v) is 4.36. The van der Waals surface area contributed by atoms with Crippen LogP contribution in [0.15, 0.2) is 24.3 Å². The number of hydrogen-bond acceptors (Lipinski definition) is 1. The molecular formula is C16H24FN3O+2. The molecule has 0 spiro atoms. The van der Waals surface area contributed by atoms with Crippen LogP contribution in [0.1, 0.15) is 18.4 Å². The van der Waals surface area contributed by atoms with E-state index in [2.05, 4.69) is 5.32 Å². The highest BCUT2D eigenvalue weighted by atomic mass is 19.1. The molecule has 2 fully saturated rings. The summed E-state index contributed by atoms with van der Waals surface area (Å²) in [6.45, 7) is 5.60. The van der Waals surface area contributed by atoms with Gasteiger partial charge < -0.3 is 15.1 Å². The second kappa shape index (κ2) is 6.54. The molecule has 1 heterocycles. The van der Waals surface area contributed by atoms with Crippen molar-refractivity contribution in [2.24, 2.45) is 0 Å². The number of carbonyl (C=O) groups is 1. The standard InChI is InChI=1S/C16H22FN3O/c17-14-3-1-2-13(10-14)11-19-6-8-20(9-7-19)12-16(21)18-15-4-5-15/h1-3,10,15H,4-9,11-12H2,(H,18,21)/p+2. The highest BCUT2D eigenvalue weighted by molar-refractivity contribution is 5.77. The predicted octanol–water partition coefficient (Wildman–Crippen LogP) is -1.61. The topological polar surface area (TPSA) is 38.0 Å². The average molecular weight is 293 g/mol. The Kier molecular flexibility index (Phi) is 4.51. The summed E-state index contributed by atoms with van der Waals surface area (Å²) in [7, 11) is 0. The fourth-order valence-electron chi connectivity index (χ4n) is 2.98. The molecule has 1 aromatic carbocycles. The van der Waals surface area contributed by atoms with E-state index in [-0.39, 0.29) is 11.7 Å². The highest BCUT2D eigenvalue weighted by Gasteiger charge is 2.28. The Morgan fingerprint density at radius 3 is 2.57 bits per heavy atom. The predicted molar refractivity (Wildman–Crippen MR) is 77.5 cm³/mol. The van der Waals surface area contributed by atoms with E-state index < -0.39 is 0 Å². The van der Waals surface area contributed by atoms with Crippen LogP contribution in [0, 0.1) is 5.82 Å². The Labute approximate surface area is 124 Å². The molecule has 0 aromatic heterocycles. The van der Waals surface area contributed by atoms with Gasteiger partial charge in [0.2, 0.25) is 0 Å². The molecule has 4 nitrogen and oxygen atoms in total. The monoisotopic (exact) mass is 293 g/mol. The number of hydrogen-bond donors (Lipinski definition) is 3. The largest absolute Gasteiger partial charge is 0.348 e. The van der Waals surface area contributed by atoms with Crippen molar-refractivity contribution in [3.8, 4) is 0 Å². The van der Waals surface area contributed by atoms with Crippen LogP contribution in [0.25, 0.3) is 0 Å². The Balaban J connectivity index is 1.41. The molecule has 0 unspecified atom stereocenters. The Hall–Kier alpha value is -1.46. The SMILES string of the molecule is O=C(C[NH+]1CC[NH+](Cc2cccc(F)c2)CC1)NC1CC1. The summed E-state index contributed by atoms with van der Waals surface area (Å²) in [6.07, 6.45) is 2.29. The fourth-order valence-corrected chi connectivity index (χ4v) is 2.98. The van der Waals surface area contributed by atoms with Crippen LogP contribution in [0.3, 0.4) is 0 Å². The first-order valence-electron chi connectivity index (χ1n) is 7.90. The van der Waals surface area contributed by atoms with Crippen LogP contribution < -0.4 is 15.1 Å². The van der Waals surface area contributed by atoms with E-state index in [4.69, 9.17) is 0 Å². The fraction of sp³-hybridized carbons (Fsp3) is 0.562. The van der Waals surface area contributed by atoms with Crippen LogP contribution in [0.2, 0.25) is 0 Å². The second-order valence-corrected chi connectivity index (χ2v) is 6.33. The van der Waals surface area contributed by atoms with Gasteiger partial charge in [0.15, 0.2) is 6.54 Å². The maximum Gasteiger partial charge on any atom is 0.275 e. The van der Waals surface area contributed by atoms with Gasteiger partial charge in [-0.15, -0.1) is 0 Å². The summed E-state index contributed by atoms with van der Waals surface area (Å²) >= 11 is 0. The molecule has 1 aliphatic carbocycles. The van der Waals surface area contributed by atoms with Crippen LogP contribution >= 0.6 is 0 Å². The molecule has 1 aliphatic heterocycles. The number of rotatable bonds is 5. The molecule has 0 bridgehead atoms. The van der Waals surface area contributed by atoms with Crippen molar-refractivity contribution in [1.82, 2.24) is 5.32 Å². The van der Waals surface area contributed by atoms with Crippen molar-refractivity contribution in [2.45, 2.75) is 25.4 Å². The maximum absolute atomic E-state index is 13.2. The van der Waals surface area contributed by atoms with Gasteiger partial charge in [0.1, 0.15) is 38.5 Å². The van der Waals surface area contributed by atoms with Crippen LogP contribution in [0.4, 0.5) is 4.39 Å². The smallest absolute Gasteiger partial charge is 0.275 e. The van der Waals surface area contributed by atoms with E-state index in [0.29, 0.717) is 12.6 Å². The molecule has 3 N–H and O–H groups in total. The molecular weight excluding hydrogens is 269 g/mol. The lowest BCUT2D eigenvalue weighted by Crippen LogP contribution is -3.28. The molecule has 1 aromatic rings. The first-order valence-corrected chi connectivity index (χ1v) is 7.90. The van der Waals surface area contributed by atoms with Crippen molar-refractivity contribution >= 4 is 5.91 Å². The van der Waals surface area contributed by atoms with Crippen molar-refractivity contribution in [2.75, 3.05) is 32.7 Å². The van der Waals surface area contributed by atoms with E-state index in [9.17, 15) is 9.18 Å².